The second-order valence-electron chi connectivity index (χ2n) is 9.46. The van der Waals surface area contributed by atoms with E-state index in [-0.39, 0.29) is 37.7 Å². The summed E-state index contributed by atoms with van der Waals surface area (Å²) in [5.74, 6) is -1.63. The van der Waals surface area contributed by atoms with Gasteiger partial charge in [0.25, 0.3) is 5.91 Å². The minimum Gasteiger partial charge on any atom is -0.482 e. The first-order valence-corrected chi connectivity index (χ1v) is 12.6. The Labute approximate surface area is 219 Å². The first-order valence-electron chi connectivity index (χ1n) is 12.6. The molecule has 4 rings (SSSR count). The van der Waals surface area contributed by atoms with Gasteiger partial charge in [-0.15, -0.1) is 0 Å². The van der Waals surface area contributed by atoms with Crippen molar-refractivity contribution in [1.29, 1.82) is 0 Å². The van der Waals surface area contributed by atoms with Crippen molar-refractivity contribution in [3.8, 4) is 5.75 Å². The van der Waals surface area contributed by atoms with E-state index in [0.29, 0.717) is 35.7 Å². The fourth-order valence-corrected chi connectivity index (χ4v) is 4.94. The summed E-state index contributed by atoms with van der Waals surface area (Å²) in [6.07, 6.45) is -2.66. The zero-order valence-corrected chi connectivity index (χ0v) is 21.5. The number of fused-ring (bicyclic) bond motifs is 1. The summed E-state index contributed by atoms with van der Waals surface area (Å²) in [4.78, 5) is 38.7. The molecule has 2 heterocycles. The Balaban J connectivity index is 1.70. The maximum atomic E-state index is 13.0. The molecular weight excluding hydrogens is 499 g/mol. The van der Waals surface area contributed by atoms with Crippen LogP contribution in [0.15, 0.2) is 48.5 Å². The molecule has 0 aliphatic carbocycles. The Hall–Kier alpha value is -3.82. The van der Waals surface area contributed by atoms with Crippen molar-refractivity contribution in [2.75, 3.05) is 31.5 Å². The minimum absolute atomic E-state index is 0.0750. The van der Waals surface area contributed by atoms with E-state index in [1.54, 1.807) is 35.2 Å². The van der Waals surface area contributed by atoms with Gasteiger partial charge in [-0.2, -0.15) is 13.2 Å². The number of hydrogen-bond donors (Lipinski definition) is 1. The van der Waals surface area contributed by atoms with Gasteiger partial charge in [0.15, 0.2) is 0 Å². The average molecular weight is 530 g/mol. The highest BCUT2D eigenvalue weighted by atomic mass is 19.4. The van der Waals surface area contributed by atoms with E-state index in [9.17, 15) is 27.6 Å². The number of ether oxygens (including phenoxy) is 1. The first kappa shape index (κ1) is 27.2. The molecular formula is C28H30F3N3O4. The molecule has 7 nitrogen and oxygen atoms in total. The van der Waals surface area contributed by atoms with Crippen LogP contribution in [0.1, 0.15) is 55.1 Å². The SMILES string of the molecule is CCN(CC)C(=O)c1ccc(C2=CC3(CCN(C(=O)C(F)(F)F)CC3)Oc3ccc(NC(C)=O)cc32)cc1. The lowest BCUT2D eigenvalue weighted by Gasteiger charge is -2.43. The molecule has 0 radical (unpaired) electrons. The van der Waals surface area contributed by atoms with Gasteiger partial charge in [-0.1, -0.05) is 12.1 Å². The van der Waals surface area contributed by atoms with E-state index in [1.807, 2.05) is 32.1 Å². The van der Waals surface area contributed by atoms with Gasteiger partial charge in [0.1, 0.15) is 11.4 Å². The van der Waals surface area contributed by atoms with Gasteiger partial charge in [0.05, 0.1) is 0 Å². The molecule has 2 aromatic rings. The maximum Gasteiger partial charge on any atom is 0.471 e. The third-order valence-electron chi connectivity index (χ3n) is 6.94. The van der Waals surface area contributed by atoms with E-state index in [2.05, 4.69) is 5.32 Å². The molecule has 0 unspecified atom stereocenters. The molecule has 202 valence electrons. The van der Waals surface area contributed by atoms with E-state index in [4.69, 9.17) is 4.74 Å². The Morgan fingerprint density at radius 3 is 2.21 bits per heavy atom. The van der Waals surface area contributed by atoms with Crippen molar-refractivity contribution in [2.24, 2.45) is 0 Å². The molecule has 2 aliphatic rings. The van der Waals surface area contributed by atoms with Crippen LogP contribution in [-0.2, 0) is 9.59 Å². The van der Waals surface area contributed by atoms with Gasteiger partial charge in [-0.25, -0.2) is 0 Å². The van der Waals surface area contributed by atoms with Gasteiger partial charge >= 0.3 is 12.1 Å². The third kappa shape index (κ3) is 5.54. The Bertz CT molecular complexity index is 1260. The standard InChI is InChI=1S/C28H30F3N3O4/c1-4-33(5-2)25(36)20-8-6-19(7-9-20)23-17-27(12-14-34(15-13-27)26(37)28(29,30)31)38-24-11-10-21(16-22(23)24)32-18(3)35/h6-11,16-17H,4-5,12-15H2,1-3H3,(H,32,35). The minimum atomic E-state index is -4.92. The number of halogens is 3. The number of amides is 3. The molecule has 2 aliphatic heterocycles. The Morgan fingerprint density at radius 1 is 1.03 bits per heavy atom. The summed E-state index contributed by atoms with van der Waals surface area (Å²) in [5.41, 5.74) is 2.48. The van der Waals surface area contributed by atoms with E-state index in [1.165, 1.54) is 6.92 Å². The second kappa shape index (κ2) is 10.5. The number of nitrogens with one attached hydrogen (secondary N) is 1. The predicted octanol–water partition coefficient (Wildman–Crippen LogP) is 4.87. The summed E-state index contributed by atoms with van der Waals surface area (Å²) in [6.45, 7) is 6.23. The first-order chi connectivity index (χ1) is 18.0. The molecule has 0 bridgehead atoms. The molecule has 3 amide bonds. The van der Waals surface area contributed by atoms with Crippen molar-refractivity contribution >= 4 is 29.0 Å². The van der Waals surface area contributed by atoms with Crippen LogP contribution in [0, 0.1) is 0 Å². The number of piperidine rings is 1. The third-order valence-corrected chi connectivity index (χ3v) is 6.94. The molecule has 0 atom stereocenters. The monoisotopic (exact) mass is 529 g/mol. The van der Waals surface area contributed by atoms with Gasteiger partial charge in [-0.05, 0) is 61.4 Å². The average Bonchev–Trinajstić information content (AvgIpc) is 2.88. The molecule has 0 aromatic heterocycles. The highest BCUT2D eigenvalue weighted by Crippen LogP contribution is 2.44. The van der Waals surface area contributed by atoms with E-state index in [0.717, 1.165) is 16.0 Å². The van der Waals surface area contributed by atoms with Crippen molar-refractivity contribution in [3.63, 3.8) is 0 Å². The summed E-state index contributed by atoms with van der Waals surface area (Å²) < 4.78 is 45.2. The molecule has 1 fully saturated rings. The molecule has 0 saturated carbocycles. The maximum absolute atomic E-state index is 13.0. The predicted molar refractivity (Wildman–Crippen MR) is 137 cm³/mol. The molecule has 1 N–H and O–H groups in total. The van der Waals surface area contributed by atoms with Gasteiger partial charge in [0.2, 0.25) is 5.91 Å². The van der Waals surface area contributed by atoms with Crippen LogP contribution in [0.2, 0.25) is 0 Å². The Kier molecular flexibility index (Phi) is 7.53. The van der Waals surface area contributed by atoms with Crippen molar-refractivity contribution in [2.45, 2.75) is 45.4 Å². The topological polar surface area (TPSA) is 79.0 Å². The zero-order chi connectivity index (χ0) is 27.7. The smallest absolute Gasteiger partial charge is 0.471 e. The van der Waals surface area contributed by atoms with Crippen LogP contribution in [0.25, 0.3) is 5.57 Å². The number of rotatable bonds is 5. The van der Waals surface area contributed by atoms with Crippen molar-refractivity contribution in [3.05, 3.63) is 65.2 Å². The number of carbonyl (C=O) groups is 3. The highest BCUT2D eigenvalue weighted by Gasteiger charge is 2.47. The van der Waals surface area contributed by atoms with Crippen LogP contribution in [0.5, 0.6) is 5.75 Å². The van der Waals surface area contributed by atoms with E-state index < -0.39 is 17.7 Å². The number of anilines is 1. The molecule has 10 heteroatoms. The lowest BCUT2D eigenvalue weighted by atomic mass is 9.82. The summed E-state index contributed by atoms with van der Waals surface area (Å²) in [7, 11) is 0. The molecule has 38 heavy (non-hydrogen) atoms. The van der Waals surface area contributed by atoms with Crippen LogP contribution < -0.4 is 10.1 Å². The fourth-order valence-electron chi connectivity index (χ4n) is 4.94. The second-order valence-corrected chi connectivity index (χ2v) is 9.46. The number of nitrogens with zero attached hydrogens (tertiary/aromatic N) is 2. The summed E-state index contributed by atoms with van der Waals surface area (Å²) in [5, 5.41) is 2.76. The lowest BCUT2D eigenvalue weighted by Crippen LogP contribution is -2.52. The summed E-state index contributed by atoms with van der Waals surface area (Å²) in [6, 6.07) is 12.4. The Morgan fingerprint density at radius 2 is 1.66 bits per heavy atom. The lowest BCUT2D eigenvalue weighted by molar-refractivity contribution is -0.187. The van der Waals surface area contributed by atoms with Crippen LogP contribution in [-0.4, -0.2) is 65.5 Å². The van der Waals surface area contributed by atoms with Crippen molar-refractivity contribution < 1.29 is 32.3 Å². The van der Waals surface area contributed by atoms with Crippen molar-refractivity contribution in [1.82, 2.24) is 9.80 Å². The van der Waals surface area contributed by atoms with Crippen LogP contribution >= 0.6 is 0 Å². The number of alkyl halides is 3. The summed E-state index contributed by atoms with van der Waals surface area (Å²) >= 11 is 0. The van der Waals surface area contributed by atoms with Crippen LogP contribution in [0.3, 0.4) is 0 Å². The number of carbonyl (C=O) groups excluding carboxylic acids is 3. The number of benzene rings is 2. The number of hydrogen-bond acceptors (Lipinski definition) is 4. The van der Waals surface area contributed by atoms with E-state index >= 15 is 0 Å². The quantitative estimate of drug-likeness (QED) is 0.599. The largest absolute Gasteiger partial charge is 0.482 e. The zero-order valence-electron chi connectivity index (χ0n) is 21.5. The van der Waals surface area contributed by atoms with Gasteiger partial charge in [0, 0.05) is 62.8 Å². The fraction of sp³-hybridized carbons (Fsp3) is 0.393. The normalized spacial score (nSPS) is 16.3. The molecule has 2 aromatic carbocycles. The number of likely N-dealkylation sites (tertiary alicyclic amines) is 1. The molecule has 1 spiro atoms. The van der Waals surface area contributed by atoms with Gasteiger partial charge < -0.3 is 19.9 Å². The van der Waals surface area contributed by atoms with Gasteiger partial charge in [-0.3, -0.25) is 14.4 Å². The molecule has 1 saturated heterocycles. The van der Waals surface area contributed by atoms with Crippen LogP contribution in [0.4, 0.5) is 18.9 Å². The highest BCUT2D eigenvalue weighted by molar-refractivity contribution is 5.95.